The Morgan fingerprint density at radius 2 is 2.05 bits per heavy atom. The van der Waals surface area contributed by atoms with Gasteiger partial charge in [0.25, 0.3) is 5.91 Å². The van der Waals surface area contributed by atoms with E-state index in [0.29, 0.717) is 17.4 Å². The van der Waals surface area contributed by atoms with Gasteiger partial charge in [-0.25, -0.2) is 0 Å². The van der Waals surface area contributed by atoms with Gasteiger partial charge in [0.05, 0.1) is 6.54 Å². The molecule has 1 heterocycles. The number of amides is 2. The van der Waals surface area contributed by atoms with Crippen LogP contribution in [0.3, 0.4) is 0 Å². The number of hydrogen-bond donors (Lipinski definition) is 2. The smallest absolute Gasteiger partial charge is 0.251 e. The maximum Gasteiger partial charge on any atom is 0.251 e. The molecule has 22 heavy (non-hydrogen) atoms. The van der Waals surface area contributed by atoms with Crippen molar-refractivity contribution in [3.8, 4) is 0 Å². The summed E-state index contributed by atoms with van der Waals surface area (Å²) in [6.45, 7) is 3.48. The minimum Gasteiger partial charge on any atom is -0.343 e. The molecule has 1 aromatic carbocycles. The predicted octanol–water partition coefficient (Wildman–Crippen LogP) is 0.921. The fraction of sp³-hybridized carbons (Fsp3) is 0.529. The van der Waals surface area contributed by atoms with Crippen molar-refractivity contribution in [3.63, 3.8) is 0 Å². The Labute approximate surface area is 130 Å². The molecule has 3 rings (SSSR count). The summed E-state index contributed by atoms with van der Waals surface area (Å²) in [5.41, 5.74) is 7.62. The second kappa shape index (κ2) is 6.08. The highest BCUT2D eigenvalue weighted by molar-refractivity contribution is 5.97. The van der Waals surface area contributed by atoms with Gasteiger partial charge >= 0.3 is 0 Å². The van der Waals surface area contributed by atoms with Gasteiger partial charge in [-0.15, -0.1) is 0 Å². The van der Waals surface area contributed by atoms with Crippen LogP contribution in [0, 0.1) is 18.8 Å². The molecule has 5 nitrogen and oxygen atoms in total. The molecule has 0 spiro atoms. The normalized spacial score (nSPS) is 26.8. The van der Waals surface area contributed by atoms with Crippen LogP contribution >= 0.6 is 0 Å². The van der Waals surface area contributed by atoms with Crippen LogP contribution in [0.5, 0.6) is 0 Å². The van der Waals surface area contributed by atoms with Gasteiger partial charge in [-0.3, -0.25) is 9.59 Å². The zero-order chi connectivity index (χ0) is 15.7. The molecule has 2 amide bonds. The number of aryl methyl sites for hydroxylation is 1. The average Bonchev–Trinajstić information content (AvgIpc) is 3.07. The molecule has 0 radical (unpaired) electrons. The van der Waals surface area contributed by atoms with Gasteiger partial charge in [0.15, 0.2) is 0 Å². The molecule has 1 aliphatic heterocycles. The van der Waals surface area contributed by atoms with E-state index in [0.717, 1.165) is 31.5 Å². The first-order valence-corrected chi connectivity index (χ1v) is 7.93. The van der Waals surface area contributed by atoms with Gasteiger partial charge in [-0.05, 0) is 43.2 Å². The monoisotopic (exact) mass is 301 g/mol. The van der Waals surface area contributed by atoms with E-state index in [1.807, 2.05) is 30.0 Å². The number of nitrogens with two attached hydrogens (primary N) is 1. The molecular formula is C17H23N3O2. The Morgan fingerprint density at radius 1 is 1.27 bits per heavy atom. The highest BCUT2D eigenvalue weighted by Crippen LogP contribution is 2.36. The number of carbonyl (C=O) groups is 2. The fourth-order valence-electron chi connectivity index (χ4n) is 3.70. The second-order valence-electron chi connectivity index (χ2n) is 6.46. The average molecular weight is 301 g/mol. The Hall–Kier alpha value is -1.88. The summed E-state index contributed by atoms with van der Waals surface area (Å²) >= 11 is 0. The van der Waals surface area contributed by atoms with E-state index in [1.165, 1.54) is 0 Å². The molecule has 1 saturated carbocycles. The van der Waals surface area contributed by atoms with Crippen molar-refractivity contribution >= 4 is 11.8 Å². The zero-order valence-electron chi connectivity index (χ0n) is 12.9. The molecule has 5 heteroatoms. The summed E-state index contributed by atoms with van der Waals surface area (Å²) in [5, 5.41) is 2.73. The molecule has 1 saturated heterocycles. The predicted molar refractivity (Wildman–Crippen MR) is 84.3 cm³/mol. The molecule has 3 atom stereocenters. The summed E-state index contributed by atoms with van der Waals surface area (Å²) in [4.78, 5) is 26.3. The quantitative estimate of drug-likeness (QED) is 0.872. The van der Waals surface area contributed by atoms with Gasteiger partial charge in [0, 0.05) is 24.7 Å². The van der Waals surface area contributed by atoms with E-state index >= 15 is 0 Å². The van der Waals surface area contributed by atoms with Gasteiger partial charge < -0.3 is 16.0 Å². The van der Waals surface area contributed by atoms with Gasteiger partial charge in [0.2, 0.25) is 5.91 Å². The minimum atomic E-state index is -0.192. The molecule has 3 unspecified atom stereocenters. The lowest BCUT2D eigenvalue weighted by Crippen LogP contribution is -2.40. The molecule has 0 bridgehead atoms. The summed E-state index contributed by atoms with van der Waals surface area (Å²) in [7, 11) is 0. The van der Waals surface area contributed by atoms with Crippen LogP contribution in [-0.4, -0.2) is 42.4 Å². The van der Waals surface area contributed by atoms with Gasteiger partial charge in [-0.1, -0.05) is 18.2 Å². The molecule has 2 fully saturated rings. The van der Waals surface area contributed by atoms with Crippen molar-refractivity contribution in [1.29, 1.82) is 0 Å². The highest BCUT2D eigenvalue weighted by atomic mass is 16.2. The van der Waals surface area contributed by atoms with E-state index in [1.54, 1.807) is 6.07 Å². The van der Waals surface area contributed by atoms with E-state index in [4.69, 9.17) is 5.73 Å². The van der Waals surface area contributed by atoms with Crippen molar-refractivity contribution in [2.45, 2.75) is 25.8 Å². The number of nitrogens with zero attached hydrogens (tertiary/aromatic N) is 1. The fourth-order valence-corrected chi connectivity index (χ4v) is 3.70. The van der Waals surface area contributed by atoms with Crippen LogP contribution in [0.1, 0.15) is 28.8 Å². The maximum atomic E-state index is 12.3. The number of likely N-dealkylation sites (tertiary alicyclic amines) is 1. The van der Waals surface area contributed by atoms with E-state index in [-0.39, 0.29) is 24.4 Å². The summed E-state index contributed by atoms with van der Waals surface area (Å²) in [6.07, 6.45) is 2.19. The Morgan fingerprint density at radius 3 is 2.77 bits per heavy atom. The minimum absolute atomic E-state index is 0.0106. The van der Waals surface area contributed by atoms with Crippen LogP contribution in [0.4, 0.5) is 0 Å². The van der Waals surface area contributed by atoms with Crippen LogP contribution in [0.2, 0.25) is 0 Å². The first-order chi connectivity index (χ1) is 10.6. The standard InChI is InChI=1S/C17H23N3O2/c1-11-4-2-3-5-13(11)17(22)19-8-16(21)20-9-12-6-7-15(18)14(12)10-20/h2-5,12,14-15H,6-10,18H2,1H3,(H,19,22). The summed E-state index contributed by atoms with van der Waals surface area (Å²) in [6, 6.07) is 7.61. The molecular weight excluding hydrogens is 278 g/mol. The van der Waals surface area contributed by atoms with Crippen molar-refractivity contribution in [2.24, 2.45) is 17.6 Å². The van der Waals surface area contributed by atoms with Crippen molar-refractivity contribution in [3.05, 3.63) is 35.4 Å². The van der Waals surface area contributed by atoms with Crippen LogP contribution in [-0.2, 0) is 4.79 Å². The number of carbonyl (C=O) groups excluding carboxylic acids is 2. The van der Waals surface area contributed by atoms with E-state index in [2.05, 4.69) is 5.32 Å². The molecule has 0 aromatic heterocycles. The van der Waals surface area contributed by atoms with E-state index in [9.17, 15) is 9.59 Å². The first kappa shape index (κ1) is 15.0. The third-order valence-electron chi connectivity index (χ3n) is 5.05. The summed E-state index contributed by atoms with van der Waals surface area (Å²) < 4.78 is 0. The lowest BCUT2D eigenvalue weighted by atomic mass is 9.98. The molecule has 3 N–H and O–H groups in total. The number of hydrogen-bond acceptors (Lipinski definition) is 3. The van der Waals surface area contributed by atoms with Gasteiger partial charge in [0.1, 0.15) is 0 Å². The van der Waals surface area contributed by atoms with Crippen LogP contribution in [0.25, 0.3) is 0 Å². The second-order valence-corrected chi connectivity index (χ2v) is 6.46. The lowest BCUT2D eigenvalue weighted by Gasteiger charge is -2.19. The maximum absolute atomic E-state index is 12.3. The van der Waals surface area contributed by atoms with Crippen LogP contribution in [0.15, 0.2) is 24.3 Å². The topological polar surface area (TPSA) is 75.4 Å². The molecule has 1 aliphatic carbocycles. The molecule has 1 aromatic rings. The third kappa shape index (κ3) is 2.86. The molecule has 2 aliphatic rings. The third-order valence-corrected chi connectivity index (χ3v) is 5.05. The zero-order valence-corrected chi connectivity index (χ0v) is 12.9. The number of rotatable bonds is 3. The Balaban J connectivity index is 1.53. The highest BCUT2D eigenvalue weighted by Gasteiger charge is 2.42. The number of benzene rings is 1. The largest absolute Gasteiger partial charge is 0.343 e. The molecule has 118 valence electrons. The summed E-state index contributed by atoms with van der Waals surface area (Å²) in [5.74, 6) is 0.785. The van der Waals surface area contributed by atoms with E-state index < -0.39 is 0 Å². The van der Waals surface area contributed by atoms with Crippen molar-refractivity contribution in [1.82, 2.24) is 10.2 Å². The Kier molecular flexibility index (Phi) is 4.16. The number of nitrogens with one attached hydrogen (secondary N) is 1. The Bertz CT molecular complexity index is 587. The number of fused-ring (bicyclic) bond motifs is 1. The van der Waals surface area contributed by atoms with Gasteiger partial charge in [-0.2, -0.15) is 0 Å². The lowest BCUT2D eigenvalue weighted by molar-refractivity contribution is -0.129. The van der Waals surface area contributed by atoms with Crippen LogP contribution < -0.4 is 11.1 Å². The van der Waals surface area contributed by atoms with Crippen molar-refractivity contribution < 1.29 is 9.59 Å². The van der Waals surface area contributed by atoms with Crippen molar-refractivity contribution in [2.75, 3.05) is 19.6 Å². The first-order valence-electron chi connectivity index (χ1n) is 7.93. The SMILES string of the molecule is Cc1ccccc1C(=O)NCC(=O)N1CC2CCC(N)C2C1.